The number of ether oxygens (including phenoxy) is 4. The van der Waals surface area contributed by atoms with Gasteiger partial charge >= 0.3 is 39.5 Å². The molecule has 0 fully saturated rings. The summed E-state index contributed by atoms with van der Waals surface area (Å²) in [5, 5.41) is 10.5. The molecule has 78 heavy (non-hydrogen) atoms. The largest absolute Gasteiger partial charge is 0.472 e. The van der Waals surface area contributed by atoms with E-state index < -0.39 is 97.5 Å². The number of phosphoric acid groups is 2. The van der Waals surface area contributed by atoms with E-state index in [0.717, 1.165) is 109 Å². The lowest BCUT2D eigenvalue weighted by atomic mass is 10.0. The highest BCUT2D eigenvalue weighted by molar-refractivity contribution is 7.47. The molecule has 0 aromatic carbocycles. The van der Waals surface area contributed by atoms with E-state index in [1.165, 1.54) is 64.2 Å². The Hall–Kier alpha value is -1.94. The van der Waals surface area contributed by atoms with Gasteiger partial charge in [0.25, 0.3) is 0 Å². The summed E-state index contributed by atoms with van der Waals surface area (Å²) >= 11 is 0. The lowest BCUT2D eigenvalue weighted by Gasteiger charge is -2.21. The monoisotopic (exact) mass is 1160 g/mol. The molecule has 0 aliphatic heterocycles. The maximum atomic E-state index is 12.9. The first-order chi connectivity index (χ1) is 37.1. The number of hydrogen-bond donors (Lipinski definition) is 3. The average Bonchev–Trinajstić information content (AvgIpc) is 3.36. The van der Waals surface area contributed by atoms with Crippen LogP contribution in [0.25, 0.3) is 0 Å². The van der Waals surface area contributed by atoms with Crippen LogP contribution in [-0.4, -0.2) is 96.7 Å². The summed E-state index contributed by atoms with van der Waals surface area (Å²) in [6, 6.07) is 0. The van der Waals surface area contributed by atoms with Gasteiger partial charge < -0.3 is 33.8 Å². The van der Waals surface area contributed by atoms with Gasteiger partial charge in [-0.05, 0) is 49.4 Å². The molecule has 0 saturated carbocycles. The second-order valence-electron chi connectivity index (χ2n) is 23.3. The molecule has 0 radical (unpaired) electrons. The number of unbranched alkanes of at least 4 members (excludes halogenated alkanes) is 22. The van der Waals surface area contributed by atoms with Crippen molar-refractivity contribution in [3.63, 3.8) is 0 Å². The van der Waals surface area contributed by atoms with Crippen LogP contribution >= 0.6 is 15.6 Å². The summed E-state index contributed by atoms with van der Waals surface area (Å²) in [6.07, 6.45) is 27.2. The third-order valence-corrected chi connectivity index (χ3v) is 15.2. The SMILES string of the molecule is CC(C)CCCCCCCCCCC(=O)O[C@H](COC(=O)CCCCCCCCC(C)C)COP(=O)(O)OC[C@@H](O)COP(=O)(O)OC[C@@H](COC(=O)CCCCCCCCC(C)C)OC(=O)CCCCCCCCC(C)C. The Bertz CT molecular complexity index is 1580. The summed E-state index contributed by atoms with van der Waals surface area (Å²) in [7, 11) is -9.88. The van der Waals surface area contributed by atoms with Gasteiger partial charge in [0.2, 0.25) is 0 Å². The van der Waals surface area contributed by atoms with E-state index >= 15 is 0 Å². The fourth-order valence-electron chi connectivity index (χ4n) is 8.55. The zero-order valence-electron chi connectivity index (χ0n) is 50.3. The van der Waals surface area contributed by atoms with Crippen molar-refractivity contribution in [2.75, 3.05) is 39.6 Å². The van der Waals surface area contributed by atoms with E-state index in [-0.39, 0.29) is 25.7 Å². The maximum Gasteiger partial charge on any atom is 0.472 e. The minimum Gasteiger partial charge on any atom is -0.462 e. The van der Waals surface area contributed by atoms with Crippen LogP contribution in [0.1, 0.15) is 274 Å². The van der Waals surface area contributed by atoms with E-state index in [0.29, 0.717) is 43.4 Å². The fourth-order valence-corrected chi connectivity index (χ4v) is 10.1. The van der Waals surface area contributed by atoms with Gasteiger partial charge in [-0.15, -0.1) is 0 Å². The Kier molecular flexibility index (Phi) is 48.4. The Morgan fingerprint density at radius 1 is 0.321 bits per heavy atom. The van der Waals surface area contributed by atoms with Gasteiger partial charge in [0.1, 0.15) is 19.3 Å². The minimum atomic E-state index is -4.94. The van der Waals surface area contributed by atoms with Crippen molar-refractivity contribution in [2.45, 2.75) is 292 Å². The standard InChI is InChI=1S/C59H114O17P2/c1-49(2)35-27-19-11-9-10-12-25-33-41-58(63)75-54(45-69-56(61)39-31-23-16-13-20-28-36-50(3)4)47-73-77(65,66)71-43-53(60)44-72-78(67,68)74-48-55(76-59(64)42-34-26-18-15-22-30-38-52(7)8)46-70-57(62)40-32-24-17-14-21-29-37-51(5)6/h49-55,60H,9-48H2,1-8H3,(H,65,66)(H,67,68)/t53-,54-,55-/m1/s1. The van der Waals surface area contributed by atoms with Crippen molar-refractivity contribution < 1.29 is 80.2 Å². The molecule has 0 spiro atoms. The van der Waals surface area contributed by atoms with Gasteiger partial charge in [-0.2, -0.15) is 0 Å². The van der Waals surface area contributed by atoms with Crippen LogP contribution in [-0.2, 0) is 65.4 Å². The van der Waals surface area contributed by atoms with Crippen LogP contribution < -0.4 is 0 Å². The normalized spacial score (nSPS) is 14.6. The predicted molar refractivity (Wildman–Crippen MR) is 307 cm³/mol. The third-order valence-electron chi connectivity index (χ3n) is 13.3. The molecular formula is C59H114O17P2. The molecular weight excluding hydrogens is 1040 g/mol. The molecule has 0 heterocycles. The Labute approximate surface area is 473 Å². The van der Waals surface area contributed by atoms with E-state index in [2.05, 4.69) is 55.4 Å². The van der Waals surface area contributed by atoms with Crippen LogP contribution in [0, 0.1) is 23.7 Å². The van der Waals surface area contributed by atoms with Crippen LogP contribution in [0.15, 0.2) is 0 Å². The van der Waals surface area contributed by atoms with Crippen LogP contribution in [0.5, 0.6) is 0 Å². The Morgan fingerprint density at radius 3 is 0.795 bits per heavy atom. The van der Waals surface area contributed by atoms with Crippen LogP contribution in [0.2, 0.25) is 0 Å². The summed E-state index contributed by atoms with van der Waals surface area (Å²) < 4.78 is 67.7. The van der Waals surface area contributed by atoms with Gasteiger partial charge in [-0.25, -0.2) is 9.13 Å². The van der Waals surface area contributed by atoms with E-state index in [4.69, 9.17) is 37.0 Å². The molecule has 0 bridgehead atoms. The lowest BCUT2D eigenvalue weighted by molar-refractivity contribution is -0.161. The van der Waals surface area contributed by atoms with Gasteiger partial charge in [-0.1, -0.05) is 222 Å². The smallest absolute Gasteiger partial charge is 0.462 e. The first kappa shape index (κ1) is 76.1. The highest BCUT2D eigenvalue weighted by Gasteiger charge is 2.30. The minimum absolute atomic E-state index is 0.100. The van der Waals surface area contributed by atoms with Gasteiger partial charge in [0.05, 0.1) is 26.4 Å². The first-order valence-electron chi connectivity index (χ1n) is 30.7. The number of carbonyl (C=O) groups excluding carboxylic acids is 4. The van der Waals surface area contributed by atoms with Gasteiger partial charge in [-0.3, -0.25) is 37.3 Å². The molecule has 0 amide bonds. The second-order valence-corrected chi connectivity index (χ2v) is 26.2. The third kappa shape index (κ3) is 53.4. The maximum absolute atomic E-state index is 12.9. The van der Waals surface area contributed by atoms with Crippen molar-refractivity contribution >= 4 is 39.5 Å². The Morgan fingerprint density at radius 2 is 0.538 bits per heavy atom. The number of carbonyl (C=O) groups is 4. The highest BCUT2D eigenvalue weighted by atomic mass is 31.2. The van der Waals surface area contributed by atoms with Crippen molar-refractivity contribution in [3.8, 4) is 0 Å². The topological polar surface area (TPSA) is 237 Å². The summed E-state index contributed by atoms with van der Waals surface area (Å²) in [5.74, 6) is 0.592. The van der Waals surface area contributed by atoms with Gasteiger partial charge in [0.15, 0.2) is 12.2 Å². The zero-order valence-corrected chi connectivity index (χ0v) is 52.1. The van der Waals surface area contributed by atoms with Crippen molar-refractivity contribution in [1.29, 1.82) is 0 Å². The summed E-state index contributed by atoms with van der Waals surface area (Å²) in [6.45, 7) is 13.7. The quantitative estimate of drug-likeness (QED) is 0.0222. The number of hydrogen-bond acceptors (Lipinski definition) is 15. The molecule has 3 N–H and O–H groups in total. The predicted octanol–water partition coefficient (Wildman–Crippen LogP) is 15.4. The van der Waals surface area contributed by atoms with Gasteiger partial charge in [0, 0.05) is 25.7 Å². The number of rotatable bonds is 56. The van der Waals surface area contributed by atoms with Crippen molar-refractivity contribution in [1.82, 2.24) is 0 Å². The molecule has 17 nitrogen and oxygen atoms in total. The van der Waals surface area contributed by atoms with E-state index in [1.807, 2.05) is 0 Å². The summed E-state index contributed by atoms with van der Waals surface area (Å²) in [4.78, 5) is 71.8. The second kappa shape index (κ2) is 49.7. The molecule has 0 aromatic rings. The molecule has 0 rings (SSSR count). The number of esters is 4. The molecule has 0 aromatic heterocycles. The fraction of sp³-hybridized carbons (Fsp3) is 0.932. The molecule has 462 valence electrons. The van der Waals surface area contributed by atoms with E-state index in [1.54, 1.807) is 0 Å². The molecule has 2 unspecified atom stereocenters. The molecule has 0 saturated heterocycles. The first-order valence-corrected chi connectivity index (χ1v) is 33.7. The summed E-state index contributed by atoms with van der Waals surface area (Å²) in [5.41, 5.74) is 0. The van der Waals surface area contributed by atoms with Crippen LogP contribution in [0.4, 0.5) is 0 Å². The molecule has 19 heteroatoms. The highest BCUT2D eigenvalue weighted by Crippen LogP contribution is 2.45. The number of phosphoric ester groups is 2. The molecule has 0 aliphatic rings. The lowest BCUT2D eigenvalue weighted by Crippen LogP contribution is -2.30. The molecule has 5 atom stereocenters. The molecule has 0 aliphatic carbocycles. The number of aliphatic hydroxyl groups excluding tert-OH is 1. The van der Waals surface area contributed by atoms with Crippen molar-refractivity contribution in [3.05, 3.63) is 0 Å². The zero-order chi connectivity index (χ0) is 58.3. The van der Waals surface area contributed by atoms with Crippen molar-refractivity contribution in [2.24, 2.45) is 23.7 Å². The number of aliphatic hydroxyl groups is 1. The Balaban J connectivity index is 5.24. The van der Waals surface area contributed by atoms with Crippen LogP contribution in [0.3, 0.4) is 0 Å². The average molecular weight is 1160 g/mol. The van der Waals surface area contributed by atoms with E-state index in [9.17, 15) is 43.2 Å².